The van der Waals surface area contributed by atoms with Crippen molar-refractivity contribution in [1.29, 1.82) is 0 Å². The lowest BCUT2D eigenvalue weighted by atomic mass is 10.1. The van der Waals surface area contributed by atoms with Gasteiger partial charge in [0.15, 0.2) is 0 Å². The lowest BCUT2D eigenvalue weighted by Crippen LogP contribution is -2.41. The molecule has 0 saturated carbocycles. The van der Waals surface area contributed by atoms with Gasteiger partial charge in [-0.3, -0.25) is 4.79 Å². The second kappa shape index (κ2) is 5.89. The van der Waals surface area contributed by atoms with Crippen molar-refractivity contribution in [2.75, 3.05) is 18.9 Å². The molecule has 1 atom stereocenters. The highest BCUT2D eigenvalue weighted by Gasteiger charge is 2.38. The summed E-state index contributed by atoms with van der Waals surface area (Å²) in [5.41, 5.74) is 2.05. The standard InChI is InChI=1S/C15H19NO5S/c17-15(18)13-2-1-7-16(13)22(19,20)9-6-11-3-4-14-12(10-11)5-8-21-14/h3-4,10,13H,1-2,5-9H2,(H,17,18)/t13-/m0/s1. The summed E-state index contributed by atoms with van der Waals surface area (Å²) in [7, 11) is -3.55. The minimum absolute atomic E-state index is 0.0591. The van der Waals surface area contributed by atoms with Gasteiger partial charge in [-0.25, -0.2) is 8.42 Å². The van der Waals surface area contributed by atoms with Gasteiger partial charge in [0, 0.05) is 13.0 Å². The van der Waals surface area contributed by atoms with E-state index in [2.05, 4.69) is 0 Å². The molecule has 1 N–H and O–H groups in total. The number of hydrogen-bond acceptors (Lipinski definition) is 4. The largest absolute Gasteiger partial charge is 0.493 e. The average Bonchev–Trinajstić information content (AvgIpc) is 3.13. The Morgan fingerprint density at radius 3 is 3.00 bits per heavy atom. The highest BCUT2D eigenvalue weighted by molar-refractivity contribution is 7.89. The predicted molar refractivity (Wildman–Crippen MR) is 80.5 cm³/mol. The predicted octanol–water partition coefficient (Wildman–Crippen LogP) is 1.04. The van der Waals surface area contributed by atoms with Crippen LogP contribution in [0.1, 0.15) is 24.0 Å². The quantitative estimate of drug-likeness (QED) is 0.874. The highest BCUT2D eigenvalue weighted by Crippen LogP contribution is 2.27. The van der Waals surface area contributed by atoms with Crippen LogP contribution in [0.3, 0.4) is 0 Å². The van der Waals surface area contributed by atoms with Gasteiger partial charge in [-0.15, -0.1) is 0 Å². The van der Waals surface area contributed by atoms with Crippen molar-refractivity contribution >= 4 is 16.0 Å². The maximum Gasteiger partial charge on any atom is 0.322 e. The third-order valence-corrected chi connectivity index (χ3v) is 6.12. The van der Waals surface area contributed by atoms with Crippen LogP contribution >= 0.6 is 0 Å². The molecule has 0 unspecified atom stereocenters. The molecule has 22 heavy (non-hydrogen) atoms. The first kappa shape index (κ1) is 15.3. The summed E-state index contributed by atoms with van der Waals surface area (Å²) in [6.07, 6.45) is 2.23. The summed E-state index contributed by atoms with van der Waals surface area (Å²) in [6, 6.07) is 4.83. The van der Waals surface area contributed by atoms with Crippen molar-refractivity contribution < 1.29 is 23.1 Å². The van der Waals surface area contributed by atoms with Gasteiger partial charge in [-0.1, -0.05) is 12.1 Å². The summed E-state index contributed by atoms with van der Waals surface area (Å²) in [5, 5.41) is 9.12. The Kier molecular flexibility index (Phi) is 4.10. The van der Waals surface area contributed by atoms with Crippen LogP contribution in [0.4, 0.5) is 0 Å². The van der Waals surface area contributed by atoms with Crippen molar-refractivity contribution in [2.24, 2.45) is 0 Å². The summed E-state index contributed by atoms with van der Waals surface area (Å²) < 4.78 is 31.4. The van der Waals surface area contributed by atoms with E-state index < -0.39 is 22.0 Å². The summed E-state index contributed by atoms with van der Waals surface area (Å²) in [4.78, 5) is 11.1. The topological polar surface area (TPSA) is 83.9 Å². The summed E-state index contributed by atoms with van der Waals surface area (Å²) >= 11 is 0. The number of ether oxygens (including phenoxy) is 1. The molecule has 0 bridgehead atoms. The Morgan fingerprint density at radius 1 is 1.41 bits per heavy atom. The second-order valence-electron chi connectivity index (χ2n) is 5.71. The molecule has 2 aliphatic rings. The third kappa shape index (κ3) is 2.96. The smallest absolute Gasteiger partial charge is 0.322 e. The van der Waals surface area contributed by atoms with Crippen LogP contribution in [0.2, 0.25) is 0 Å². The van der Waals surface area contributed by atoms with Crippen LogP contribution < -0.4 is 4.74 Å². The van der Waals surface area contributed by atoms with E-state index in [9.17, 15) is 13.2 Å². The van der Waals surface area contributed by atoms with E-state index in [0.29, 0.717) is 32.4 Å². The van der Waals surface area contributed by atoms with Gasteiger partial charge in [0.25, 0.3) is 0 Å². The van der Waals surface area contributed by atoms with Gasteiger partial charge >= 0.3 is 5.97 Å². The van der Waals surface area contributed by atoms with E-state index >= 15 is 0 Å². The SMILES string of the molecule is O=C(O)[C@@H]1CCCN1S(=O)(=O)CCc1ccc2c(c1)CCO2. The van der Waals surface area contributed by atoms with Gasteiger partial charge in [-0.2, -0.15) is 4.31 Å². The molecule has 0 aromatic heterocycles. The lowest BCUT2D eigenvalue weighted by molar-refractivity contribution is -0.140. The molecule has 0 aliphatic carbocycles. The van der Waals surface area contributed by atoms with E-state index in [-0.39, 0.29) is 5.75 Å². The van der Waals surface area contributed by atoms with Crippen LogP contribution in [0, 0.1) is 0 Å². The number of aliphatic carboxylic acids is 1. The zero-order chi connectivity index (χ0) is 15.7. The van der Waals surface area contributed by atoms with Crippen molar-refractivity contribution in [1.82, 2.24) is 4.31 Å². The Bertz CT molecular complexity index is 685. The minimum atomic E-state index is -3.55. The number of aryl methyl sites for hydroxylation is 1. The number of carbonyl (C=O) groups is 1. The van der Waals surface area contributed by atoms with Crippen LogP contribution in [0.15, 0.2) is 18.2 Å². The molecule has 7 heteroatoms. The molecule has 6 nitrogen and oxygen atoms in total. The molecule has 0 radical (unpaired) electrons. The lowest BCUT2D eigenvalue weighted by Gasteiger charge is -2.20. The molecule has 0 amide bonds. The number of rotatable bonds is 5. The van der Waals surface area contributed by atoms with Crippen LogP contribution in [-0.4, -0.2) is 48.7 Å². The Hall–Kier alpha value is -1.60. The molecule has 120 valence electrons. The van der Waals surface area contributed by atoms with Gasteiger partial charge in [0.1, 0.15) is 11.8 Å². The van der Waals surface area contributed by atoms with Gasteiger partial charge in [0.05, 0.1) is 12.4 Å². The Labute approximate surface area is 129 Å². The summed E-state index contributed by atoms with van der Waals surface area (Å²) in [6.45, 7) is 0.975. The maximum atomic E-state index is 12.4. The molecule has 1 aromatic carbocycles. The third-order valence-electron chi connectivity index (χ3n) is 4.25. The van der Waals surface area contributed by atoms with Gasteiger partial charge < -0.3 is 9.84 Å². The maximum absolute atomic E-state index is 12.4. The molecule has 2 heterocycles. The Balaban J connectivity index is 1.68. The van der Waals surface area contributed by atoms with Crippen LogP contribution in [-0.2, 0) is 27.7 Å². The number of carboxylic acids is 1. The van der Waals surface area contributed by atoms with Crippen molar-refractivity contribution in [3.8, 4) is 5.75 Å². The van der Waals surface area contributed by atoms with E-state index in [0.717, 1.165) is 27.6 Å². The fourth-order valence-corrected chi connectivity index (χ4v) is 4.80. The average molecular weight is 325 g/mol. The zero-order valence-corrected chi connectivity index (χ0v) is 13.0. The highest BCUT2D eigenvalue weighted by atomic mass is 32.2. The molecule has 1 saturated heterocycles. The van der Waals surface area contributed by atoms with Gasteiger partial charge in [-0.05, 0) is 36.5 Å². The molecule has 1 aromatic rings. The first-order valence-electron chi connectivity index (χ1n) is 7.44. The number of hydrogen-bond donors (Lipinski definition) is 1. The van der Waals surface area contributed by atoms with Crippen molar-refractivity contribution in [2.45, 2.75) is 31.7 Å². The number of fused-ring (bicyclic) bond motifs is 1. The van der Waals surface area contributed by atoms with Crippen molar-refractivity contribution in [3.63, 3.8) is 0 Å². The van der Waals surface area contributed by atoms with E-state index in [1.54, 1.807) is 0 Å². The molecule has 0 spiro atoms. The van der Waals surface area contributed by atoms with E-state index in [1.807, 2.05) is 18.2 Å². The van der Waals surface area contributed by atoms with E-state index in [4.69, 9.17) is 9.84 Å². The Morgan fingerprint density at radius 2 is 2.23 bits per heavy atom. The minimum Gasteiger partial charge on any atom is -0.493 e. The first-order chi connectivity index (χ1) is 10.5. The fraction of sp³-hybridized carbons (Fsp3) is 0.533. The fourth-order valence-electron chi connectivity index (χ4n) is 3.08. The summed E-state index contributed by atoms with van der Waals surface area (Å²) in [5.74, 6) is -0.246. The van der Waals surface area contributed by atoms with Crippen LogP contribution in [0.25, 0.3) is 0 Å². The molecule has 3 rings (SSSR count). The number of benzene rings is 1. The zero-order valence-electron chi connectivity index (χ0n) is 12.2. The molecule has 2 aliphatic heterocycles. The number of carboxylic acid groups (broad SMARTS) is 1. The van der Waals surface area contributed by atoms with Gasteiger partial charge in [0.2, 0.25) is 10.0 Å². The molecular formula is C15H19NO5S. The molecular weight excluding hydrogens is 306 g/mol. The van der Waals surface area contributed by atoms with Crippen molar-refractivity contribution in [3.05, 3.63) is 29.3 Å². The van der Waals surface area contributed by atoms with Crippen LogP contribution in [0.5, 0.6) is 5.75 Å². The number of nitrogens with zero attached hydrogens (tertiary/aromatic N) is 1. The molecule has 1 fully saturated rings. The number of sulfonamides is 1. The monoisotopic (exact) mass is 325 g/mol. The normalized spacial score (nSPS) is 21.5. The van der Waals surface area contributed by atoms with E-state index in [1.165, 1.54) is 0 Å². The first-order valence-corrected chi connectivity index (χ1v) is 9.05. The second-order valence-corrected chi connectivity index (χ2v) is 7.75.